The molecule has 90 valence electrons. The first-order valence-electron chi connectivity index (χ1n) is 5.90. The summed E-state index contributed by atoms with van der Waals surface area (Å²) in [5.41, 5.74) is -0.258. The predicted octanol–water partition coefficient (Wildman–Crippen LogP) is 1.87. The normalized spacial score (nSPS) is 22.3. The van der Waals surface area contributed by atoms with E-state index in [9.17, 15) is 4.79 Å². The number of aliphatic carboxylic acids is 1. The van der Waals surface area contributed by atoms with Crippen LogP contribution in [-0.2, 0) is 4.79 Å². The number of hydrogen-bond acceptors (Lipinski definition) is 3. The fourth-order valence-electron chi connectivity index (χ4n) is 2.18. The third-order valence-corrected chi connectivity index (χ3v) is 3.46. The summed E-state index contributed by atoms with van der Waals surface area (Å²) < 4.78 is 0. The minimum atomic E-state index is -0.734. The van der Waals surface area contributed by atoms with Gasteiger partial charge in [-0.1, -0.05) is 13.3 Å². The number of nitrogens with zero attached hydrogens (tertiary/aromatic N) is 2. The van der Waals surface area contributed by atoms with E-state index in [1.165, 1.54) is 0 Å². The van der Waals surface area contributed by atoms with E-state index in [0.717, 1.165) is 32.4 Å². The van der Waals surface area contributed by atoms with Crippen LogP contribution >= 0.6 is 0 Å². The molecule has 0 aliphatic carbocycles. The third-order valence-electron chi connectivity index (χ3n) is 3.46. The second kappa shape index (κ2) is 5.31. The van der Waals surface area contributed by atoms with Gasteiger partial charge in [0.1, 0.15) is 6.04 Å². The molecule has 0 aromatic heterocycles. The van der Waals surface area contributed by atoms with Crippen LogP contribution in [0.1, 0.15) is 39.5 Å². The average Bonchev–Trinajstić information content (AvgIpc) is 2.27. The summed E-state index contributed by atoms with van der Waals surface area (Å²) in [4.78, 5) is 13.1. The van der Waals surface area contributed by atoms with Gasteiger partial charge in [0, 0.05) is 13.1 Å². The van der Waals surface area contributed by atoms with Crippen LogP contribution in [0.3, 0.4) is 0 Å². The van der Waals surface area contributed by atoms with Gasteiger partial charge in [-0.05, 0) is 26.2 Å². The molecular formula is C12H20N2O2. The van der Waals surface area contributed by atoms with Crippen LogP contribution in [0.15, 0.2) is 0 Å². The van der Waals surface area contributed by atoms with Crippen molar-refractivity contribution in [1.82, 2.24) is 4.90 Å². The van der Waals surface area contributed by atoms with Crippen molar-refractivity contribution in [2.45, 2.75) is 45.6 Å². The number of nitriles is 1. The first-order valence-corrected chi connectivity index (χ1v) is 5.90. The Labute approximate surface area is 96.9 Å². The van der Waals surface area contributed by atoms with E-state index >= 15 is 0 Å². The van der Waals surface area contributed by atoms with Gasteiger partial charge in [-0.2, -0.15) is 5.26 Å². The molecule has 0 spiro atoms. The average molecular weight is 224 g/mol. The lowest BCUT2D eigenvalue weighted by Crippen LogP contribution is -2.47. The van der Waals surface area contributed by atoms with Crippen molar-refractivity contribution in [3.05, 3.63) is 0 Å². The highest BCUT2D eigenvalue weighted by atomic mass is 16.4. The Morgan fingerprint density at radius 2 is 2.12 bits per heavy atom. The minimum absolute atomic E-state index is 0.258. The summed E-state index contributed by atoms with van der Waals surface area (Å²) in [6.07, 6.45) is 3.12. The van der Waals surface area contributed by atoms with Crippen molar-refractivity contribution < 1.29 is 9.90 Å². The van der Waals surface area contributed by atoms with E-state index in [1.54, 1.807) is 0 Å². The van der Waals surface area contributed by atoms with Crippen LogP contribution in [0.5, 0.6) is 0 Å². The SMILES string of the molecule is CCCC(C(=O)O)N1CCC(C)(C#N)CC1. The molecule has 0 radical (unpaired) electrons. The van der Waals surface area contributed by atoms with Gasteiger partial charge in [0.25, 0.3) is 0 Å². The Morgan fingerprint density at radius 3 is 2.50 bits per heavy atom. The fourth-order valence-corrected chi connectivity index (χ4v) is 2.18. The monoisotopic (exact) mass is 224 g/mol. The molecule has 1 heterocycles. The molecular weight excluding hydrogens is 204 g/mol. The highest BCUT2D eigenvalue weighted by Gasteiger charge is 2.34. The van der Waals surface area contributed by atoms with Gasteiger partial charge in [0.2, 0.25) is 0 Å². The molecule has 1 aliphatic heterocycles. The largest absolute Gasteiger partial charge is 0.480 e. The molecule has 1 fully saturated rings. The summed E-state index contributed by atoms with van der Waals surface area (Å²) >= 11 is 0. The van der Waals surface area contributed by atoms with Crippen molar-refractivity contribution >= 4 is 5.97 Å². The topological polar surface area (TPSA) is 64.3 Å². The zero-order valence-electron chi connectivity index (χ0n) is 10.1. The van der Waals surface area contributed by atoms with Crippen LogP contribution < -0.4 is 0 Å². The van der Waals surface area contributed by atoms with E-state index in [1.807, 2.05) is 18.7 Å². The molecule has 1 rings (SSSR count). The summed E-state index contributed by atoms with van der Waals surface area (Å²) in [6, 6.07) is 1.96. The molecule has 0 aromatic carbocycles. The maximum Gasteiger partial charge on any atom is 0.320 e. The lowest BCUT2D eigenvalue weighted by molar-refractivity contribution is -0.144. The lowest BCUT2D eigenvalue weighted by atomic mass is 9.81. The number of carboxylic acids is 1. The van der Waals surface area contributed by atoms with Gasteiger partial charge in [-0.3, -0.25) is 9.69 Å². The number of carbonyl (C=O) groups is 1. The number of rotatable bonds is 4. The maximum atomic E-state index is 11.1. The molecule has 0 bridgehead atoms. The van der Waals surface area contributed by atoms with Crippen LogP contribution in [0, 0.1) is 16.7 Å². The highest BCUT2D eigenvalue weighted by molar-refractivity contribution is 5.73. The predicted molar refractivity (Wildman–Crippen MR) is 60.9 cm³/mol. The number of piperidine rings is 1. The van der Waals surface area contributed by atoms with Crippen molar-refractivity contribution in [2.24, 2.45) is 5.41 Å². The smallest absolute Gasteiger partial charge is 0.320 e. The Morgan fingerprint density at radius 1 is 1.56 bits per heavy atom. The molecule has 0 aromatic rings. The summed E-state index contributed by atoms with van der Waals surface area (Å²) in [5, 5.41) is 18.1. The number of hydrogen-bond donors (Lipinski definition) is 1. The second-order valence-electron chi connectivity index (χ2n) is 4.85. The van der Waals surface area contributed by atoms with E-state index in [2.05, 4.69) is 6.07 Å². The molecule has 0 saturated carbocycles. The fraction of sp³-hybridized carbons (Fsp3) is 0.833. The Hall–Kier alpha value is -1.08. The molecule has 1 N–H and O–H groups in total. The van der Waals surface area contributed by atoms with Gasteiger partial charge in [-0.25, -0.2) is 0 Å². The molecule has 4 heteroatoms. The maximum absolute atomic E-state index is 11.1. The zero-order valence-corrected chi connectivity index (χ0v) is 10.1. The lowest BCUT2D eigenvalue weighted by Gasteiger charge is -2.37. The van der Waals surface area contributed by atoms with Crippen LogP contribution in [0.4, 0.5) is 0 Å². The van der Waals surface area contributed by atoms with Crippen molar-refractivity contribution in [1.29, 1.82) is 5.26 Å². The Bertz CT molecular complexity index is 288. The van der Waals surface area contributed by atoms with Gasteiger partial charge in [0.15, 0.2) is 0 Å². The second-order valence-corrected chi connectivity index (χ2v) is 4.85. The summed E-state index contributed by atoms with van der Waals surface area (Å²) in [5.74, 6) is -0.734. The Balaban J connectivity index is 2.58. The first-order chi connectivity index (χ1) is 7.52. The van der Waals surface area contributed by atoms with Crippen molar-refractivity contribution in [3.8, 4) is 6.07 Å². The Kier molecular flexibility index (Phi) is 4.31. The number of likely N-dealkylation sites (tertiary alicyclic amines) is 1. The standard InChI is InChI=1S/C12H20N2O2/c1-3-4-10(11(15)16)14-7-5-12(2,9-13)6-8-14/h10H,3-8H2,1-2H3,(H,15,16). The summed E-state index contributed by atoms with van der Waals surface area (Å²) in [6.45, 7) is 5.40. The van der Waals surface area contributed by atoms with E-state index in [-0.39, 0.29) is 11.5 Å². The molecule has 1 atom stereocenters. The van der Waals surface area contributed by atoms with E-state index in [4.69, 9.17) is 10.4 Å². The van der Waals surface area contributed by atoms with Gasteiger partial charge in [-0.15, -0.1) is 0 Å². The molecule has 16 heavy (non-hydrogen) atoms. The van der Waals surface area contributed by atoms with Crippen molar-refractivity contribution in [3.63, 3.8) is 0 Å². The molecule has 1 aliphatic rings. The molecule has 1 unspecified atom stereocenters. The summed E-state index contributed by atoms with van der Waals surface area (Å²) in [7, 11) is 0. The van der Waals surface area contributed by atoms with E-state index in [0.29, 0.717) is 6.42 Å². The number of carboxylic acid groups (broad SMARTS) is 1. The minimum Gasteiger partial charge on any atom is -0.480 e. The van der Waals surface area contributed by atoms with Crippen LogP contribution in [-0.4, -0.2) is 35.1 Å². The van der Waals surface area contributed by atoms with Gasteiger partial charge >= 0.3 is 5.97 Å². The molecule has 0 amide bonds. The van der Waals surface area contributed by atoms with Crippen molar-refractivity contribution in [2.75, 3.05) is 13.1 Å². The molecule has 4 nitrogen and oxygen atoms in total. The zero-order chi connectivity index (χ0) is 12.2. The quantitative estimate of drug-likeness (QED) is 0.791. The molecule has 1 saturated heterocycles. The van der Waals surface area contributed by atoms with Crippen LogP contribution in [0.25, 0.3) is 0 Å². The van der Waals surface area contributed by atoms with E-state index < -0.39 is 5.97 Å². The van der Waals surface area contributed by atoms with Gasteiger partial charge < -0.3 is 5.11 Å². The first kappa shape index (κ1) is 13.0. The van der Waals surface area contributed by atoms with Gasteiger partial charge in [0.05, 0.1) is 11.5 Å². The van der Waals surface area contributed by atoms with Crippen LogP contribution in [0.2, 0.25) is 0 Å². The third kappa shape index (κ3) is 2.96. The highest BCUT2D eigenvalue weighted by Crippen LogP contribution is 2.31.